The van der Waals surface area contributed by atoms with Crippen LogP contribution in [0, 0.1) is 0 Å². The maximum Gasteiger partial charge on any atom is 0.344 e. The number of urea groups is 1. The van der Waals surface area contributed by atoms with Crippen molar-refractivity contribution in [1.29, 1.82) is 0 Å². The van der Waals surface area contributed by atoms with Crippen molar-refractivity contribution in [2.24, 2.45) is 5.10 Å². The van der Waals surface area contributed by atoms with Crippen molar-refractivity contribution in [2.75, 3.05) is 33.5 Å². The summed E-state index contributed by atoms with van der Waals surface area (Å²) in [6.45, 7) is 5.08. The van der Waals surface area contributed by atoms with Crippen LogP contribution in [0.1, 0.15) is 37.9 Å². The van der Waals surface area contributed by atoms with E-state index < -0.39 is 30.2 Å². The minimum absolute atomic E-state index is 0.223. The van der Waals surface area contributed by atoms with Gasteiger partial charge in [-0.05, 0) is 66.5 Å². The predicted octanol–water partition coefficient (Wildman–Crippen LogP) is 3.56. The number of methoxy groups -OCH3 is 1. The average Bonchev–Trinajstić information content (AvgIpc) is 2.95. The molecule has 43 heavy (non-hydrogen) atoms. The number of benzene rings is 2. The van der Waals surface area contributed by atoms with Crippen molar-refractivity contribution in [3.63, 3.8) is 0 Å². The van der Waals surface area contributed by atoms with Gasteiger partial charge in [0.25, 0.3) is 0 Å². The number of aliphatic hydroxyl groups is 1. The molecule has 0 spiro atoms. The molecule has 13 nitrogen and oxygen atoms in total. The normalized spacial score (nSPS) is 15.3. The molecule has 2 aromatic carbocycles. The van der Waals surface area contributed by atoms with E-state index in [1.165, 1.54) is 13.3 Å². The molecule has 4 N–H and O–H groups in total. The lowest BCUT2D eigenvalue weighted by atomic mass is 9.95. The number of allylic oxidation sites excluding steroid dienone is 1. The van der Waals surface area contributed by atoms with Crippen LogP contribution in [0.15, 0.2) is 51.2 Å². The molecule has 3 rings (SSSR count). The molecule has 2 aromatic rings. The number of rotatable bonds is 14. The molecule has 2 amide bonds. The van der Waals surface area contributed by atoms with Gasteiger partial charge in [-0.2, -0.15) is 5.10 Å². The topological polar surface area (TPSA) is 166 Å². The van der Waals surface area contributed by atoms with Crippen molar-refractivity contribution in [1.82, 2.24) is 16.1 Å². The molecule has 1 aliphatic heterocycles. The number of hydrogen-bond donors (Lipinski definition) is 4. The number of amides is 2. The maximum absolute atomic E-state index is 12.4. The average molecular weight is 684 g/mol. The van der Waals surface area contributed by atoms with Crippen molar-refractivity contribution in [2.45, 2.75) is 33.0 Å². The van der Waals surface area contributed by atoms with Crippen molar-refractivity contribution >= 4 is 51.7 Å². The van der Waals surface area contributed by atoms with Crippen LogP contribution < -0.4 is 30.3 Å². The summed E-state index contributed by atoms with van der Waals surface area (Å²) in [5.41, 5.74) is 4.15. The van der Waals surface area contributed by atoms with Crippen LogP contribution >= 0.6 is 27.5 Å². The van der Waals surface area contributed by atoms with E-state index in [9.17, 15) is 19.5 Å². The van der Waals surface area contributed by atoms with Gasteiger partial charge in [0.05, 0.1) is 42.6 Å². The first-order valence-electron chi connectivity index (χ1n) is 13.1. The molecule has 0 fully saturated rings. The Balaban J connectivity index is 1.70. The van der Waals surface area contributed by atoms with Crippen LogP contribution in [0.3, 0.4) is 0 Å². The molecule has 0 saturated carbocycles. The van der Waals surface area contributed by atoms with Crippen LogP contribution in [0.2, 0.25) is 5.02 Å². The highest BCUT2D eigenvalue weighted by Gasteiger charge is 2.32. The molecule has 0 saturated heterocycles. The highest BCUT2D eigenvalue weighted by Crippen LogP contribution is 2.35. The molecule has 0 unspecified atom stereocenters. The van der Waals surface area contributed by atoms with Gasteiger partial charge < -0.3 is 39.4 Å². The van der Waals surface area contributed by atoms with Gasteiger partial charge in [0.2, 0.25) is 0 Å². The summed E-state index contributed by atoms with van der Waals surface area (Å²) in [5, 5.41) is 20.1. The van der Waals surface area contributed by atoms with Crippen molar-refractivity contribution < 1.29 is 43.2 Å². The molecule has 0 radical (unpaired) electrons. The van der Waals surface area contributed by atoms with Crippen molar-refractivity contribution in [3.05, 3.63) is 62.2 Å². The Kier molecular flexibility index (Phi) is 12.5. The first kappa shape index (κ1) is 33.5. The molecule has 2 atom stereocenters. The van der Waals surface area contributed by atoms with Gasteiger partial charge in [0.15, 0.2) is 24.3 Å². The van der Waals surface area contributed by atoms with E-state index in [2.05, 4.69) is 37.1 Å². The number of carbonyl (C=O) groups is 3. The highest BCUT2D eigenvalue weighted by molar-refractivity contribution is 9.10. The highest BCUT2D eigenvalue weighted by atomic mass is 79.9. The second-order valence-corrected chi connectivity index (χ2v) is 10.1. The quantitative estimate of drug-likeness (QED) is 0.100. The Morgan fingerprint density at radius 2 is 1.93 bits per heavy atom. The largest absolute Gasteiger partial charge is 0.490 e. The molecular weight excluding hydrogens is 652 g/mol. The van der Waals surface area contributed by atoms with E-state index in [0.717, 1.165) is 0 Å². The van der Waals surface area contributed by atoms with E-state index in [1.54, 1.807) is 51.1 Å². The second kappa shape index (κ2) is 16.0. The zero-order valence-electron chi connectivity index (χ0n) is 23.9. The van der Waals surface area contributed by atoms with Crippen LogP contribution in [0.25, 0.3) is 0 Å². The zero-order valence-corrected chi connectivity index (χ0v) is 26.2. The molecule has 0 bridgehead atoms. The van der Waals surface area contributed by atoms with E-state index in [-0.39, 0.29) is 25.4 Å². The number of halogens is 2. The second-order valence-electron chi connectivity index (χ2n) is 8.81. The summed E-state index contributed by atoms with van der Waals surface area (Å²) in [7, 11) is 1.26. The number of carbonyl (C=O) groups excluding carboxylic acids is 3. The molecule has 1 aliphatic rings. The Morgan fingerprint density at radius 1 is 1.16 bits per heavy atom. The number of aliphatic hydroxyl groups excluding tert-OH is 1. The Bertz CT molecular complexity index is 1400. The number of esters is 2. The van der Waals surface area contributed by atoms with Crippen molar-refractivity contribution in [3.8, 4) is 17.2 Å². The fourth-order valence-electron chi connectivity index (χ4n) is 3.98. The SMILES string of the molecule is CCOC(=O)COc1c(Br)cc(Cl)cc1/C=N/N[C@@H](O)COc1ccc([C@@H]2NC(=O)NC(C)=C2C(=O)OC)cc1OCC. The zero-order chi connectivity index (χ0) is 31.5. The monoisotopic (exact) mass is 682 g/mol. The molecule has 1 heterocycles. The van der Waals surface area contributed by atoms with Gasteiger partial charge in [0, 0.05) is 16.3 Å². The lowest BCUT2D eigenvalue weighted by Gasteiger charge is -2.28. The molecule has 0 aliphatic carbocycles. The minimum atomic E-state index is -1.24. The Morgan fingerprint density at radius 3 is 2.63 bits per heavy atom. The maximum atomic E-state index is 12.4. The van der Waals surface area contributed by atoms with E-state index >= 15 is 0 Å². The van der Waals surface area contributed by atoms with Gasteiger partial charge in [-0.3, -0.25) is 5.43 Å². The third kappa shape index (κ3) is 9.24. The fourth-order valence-corrected chi connectivity index (χ4v) is 4.93. The summed E-state index contributed by atoms with van der Waals surface area (Å²) in [6, 6.07) is 6.83. The number of hydrazone groups is 1. The van der Waals surface area contributed by atoms with Gasteiger partial charge in [-0.1, -0.05) is 17.7 Å². The summed E-state index contributed by atoms with van der Waals surface area (Å²) in [4.78, 5) is 36.3. The molecule has 15 heteroatoms. The summed E-state index contributed by atoms with van der Waals surface area (Å²) in [5.74, 6) is -0.179. The third-order valence-corrected chi connectivity index (χ3v) is 6.58. The van der Waals surface area contributed by atoms with Gasteiger partial charge in [0.1, 0.15) is 12.4 Å². The van der Waals surface area contributed by atoms with Gasteiger partial charge in [-0.15, -0.1) is 0 Å². The summed E-state index contributed by atoms with van der Waals surface area (Å²) >= 11 is 9.50. The lowest BCUT2D eigenvalue weighted by molar-refractivity contribution is -0.145. The Labute approximate surface area is 261 Å². The van der Waals surface area contributed by atoms with Gasteiger partial charge >= 0.3 is 18.0 Å². The number of hydrogen-bond acceptors (Lipinski definition) is 11. The van der Waals surface area contributed by atoms with E-state index in [4.69, 9.17) is 35.3 Å². The van der Waals surface area contributed by atoms with E-state index in [1.807, 2.05) is 0 Å². The molecule has 0 aromatic heterocycles. The number of nitrogens with one attached hydrogen (secondary N) is 3. The van der Waals surface area contributed by atoms with Crippen LogP contribution in [0.5, 0.6) is 17.2 Å². The number of ether oxygens (including phenoxy) is 5. The Hall–Kier alpha value is -4.01. The predicted molar refractivity (Wildman–Crippen MR) is 160 cm³/mol. The van der Waals surface area contributed by atoms with E-state index in [0.29, 0.717) is 50.2 Å². The molecule has 232 valence electrons. The standard InChI is InChI=1S/C28H32BrClN4O9/c1-5-40-21-10-16(25-24(27(37)39-4)15(3)32-28(38)33-25)7-8-20(21)42-13-22(35)34-31-12-17-9-18(30)11-19(29)26(17)43-14-23(36)41-6-2/h7-12,22,25,34-35H,5-6,13-14H2,1-4H3,(H2,32,33,38)/b31-12+/t22-,25-/m0/s1. The number of nitrogens with zero attached hydrogens (tertiary/aromatic N) is 1. The smallest absolute Gasteiger partial charge is 0.344 e. The first-order valence-corrected chi connectivity index (χ1v) is 14.2. The first-order chi connectivity index (χ1) is 20.6. The molecular formula is C28H32BrClN4O9. The van der Waals surface area contributed by atoms with Crippen LogP contribution in [0.4, 0.5) is 4.79 Å². The minimum Gasteiger partial charge on any atom is -0.490 e. The lowest BCUT2D eigenvalue weighted by Crippen LogP contribution is -2.45. The van der Waals surface area contributed by atoms with Crippen LogP contribution in [-0.2, 0) is 19.1 Å². The third-order valence-electron chi connectivity index (χ3n) is 5.78. The van der Waals surface area contributed by atoms with Crippen LogP contribution in [-0.4, -0.2) is 69.1 Å². The van der Waals surface area contributed by atoms with Gasteiger partial charge in [-0.25, -0.2) is 14.4 Å². The summed E-state index contributed by atoms with van der Waals surface area (Å²) in [6.07, 6.45) is 0.125. The summed E-state index contributed by atoms with van der Waals surface area (Å²) < 4.78 is 27.3. The fraction of sp³-hybridized carbons (Fsp3) is 0.357.